The third-order valence-electron chi connectivity index (χ3n) is 3.85. The van der Waals surface area contributed by atoms with Gasteiger partial charge < -0.3 is 15.1 Å². The van der Waals surface area contributed by atoms with E-state index in [1.807, 2.05) is 36.8 Å². The Labute approximate surface area is 145 Å². The fraction of sp³-hybridized carbons (Fsp3) is 0.375. The second-order valence-corrected chi connectivity index (χ2v) is 6.70. The molecule has 2 aromatic rings. The summed E-state index contributed by atoms with van der Waals surface area (Å²) in [5.74, 6) is 0.936. The van der Waals surface area contributed by atoms with Crippen LogP contribution in [0.2, 0.25) is 5.02 Å². The predicted molar refractivity (Wildman–Crippen MR) is 97.6 cm³/mol. The summed E-state index contributed by atoms with van der Waals surface area (Å²) in [7, 11) is 1.83. The highest BCUT2D eigenvalue weighted by Gasteiger charge is 2.20. The van der Waals surface area contributed by atoms with Crippen molar-refractivity contribution in [3.05, 3.63) is 45.9 Å². The smallest absolute Gasteiger partial charge is 0.194 e. The highest BCUT2D eigenvalue weighted by atomic mass is 35.5. The second-order valence-electron chi connectivity index (χ2n) is 5.28. The summed E-state index contributed by atoms with van der Waals surface area (Å²) >= 11 is 7.74. The standard InChI is InChI=1S/C16H20ClN5S/c1-18-16(20-12-15-19-5-10-23-15)22-8-6-21(7-9-22)14-4-2-3-13(17)11-14/h2-5,10-11H,6-9,12H2,1H3,(H,18,20). The number of aromatic nitrogens is 1. The fourth-order valence-electron chi connectivity index (χ4n) is 2.68. The first-order valence-corrected chi connectivity index (χ1v) is 8.86. The molecular formula is C16H20ClN5S. The van der Waals surface area contributed by atoms with E-state index in [1.165, 1.54) is 5.69 Å². The molecule has 1 aromatic carbocycles. The second kappa shape index (κ2) is 7.66. The van der Waals surface area contributed by atoms with Gasteiger partial charge in [-0.3, -0.25) is 4.99 Å². The minimum absolute atomic E-state index is 0.721. The highest BCUT2D eigenvalue weighted by molar-refractivity contribution is 7.09. The minimum atomic E-state index is 0.721. The van der Waals surface area contributed by atoms with Gasteiger partial charge in [0.05, 0.1) is 6.54 Å². The lowest BCUT2D eigenvalue weighted by atomic mass is 10.2. The quantitative estimate of drug-likeness (QED) is 0.683. The first kappa shape index (κ1) is 16.1. The molecular weight excluding hydrogens is 330 g/mol. The molecule has 0 aliphatic carbocycles. The first-order valence-electron chi connectivity index (χ1n) is 7.61. The lowest BCUT2D eigenvalue weighted by Gasteiger charge is -2.37. The lowest BCUT2D eigenvalue weighted by molar-refractivity contribution is 0.372. The van der Waals surface area contributed by atoms with Crippen LogP contribution < -0.4 is 10.2 Å². The molecule has 1 fully saturated rings. The van der Waals surface area contributed by atoms with Gasteiger partial charge in [-0.15, -0.1) is 11.3 Å². The van der Waals surface area contributed by atoms with Crippen LogP contribution in [-0.2, 0) is 6.54 Å². The number of halogens is 1. The molecule has 0 bridgehead atoms. The lowest BCUT2D eigenvalue weighted by Crippen LogP contribution is -2.52. The average Bonchev–Trinajstić information content (AvgIpc) is 3.09. The summed E-state index contributed by atoms with van der Waals surface area (Å²) in [6.45, 7) is 4.50. The molecule has 0 spiro atoms. The van der Waals surface area contributed by atoms with Gasteiger partial charge in [0.15, 0.2) is 5.96 Å². The van der Waals surface area contributed by atoms with Gasteiger partial charge in [0.2, 0.25) is 0 Å². The van der Waals surface area contributed by atoms with Crippen LogP contribution in [0.25, 0.3) is 0 Å². The number of nitrogens with one attached hydrogen (secondary N) is 1. The van der Waals surface area contributed by atoms with E-state index in [9.17, 15) is 0 Å². The van der Waals surface area contributed by atoms with Crippen molar-refractivity contribution < 1.29 is 0 Å². The number of guanidine groups is 1. The van der Waals surface area contributed by atoms with E-state index in [1.54, 1.807) is 11.3 Å². The van der Waals surface area contributed by atoms with Crippen LogP contribution in [-0.4, -0.2) is 49.1 Å². The minimum Gasteiger partial charge on any atom is -0.368 e. The van der Waals surface area contributed by atoms with Crippen LogP contribution >= 0.6 is 22.9 Å². The van der Waals surface area contributed by atoms with E-state index in [0.717, 1.165) is 48.7 Å². The molecule has 122 valence electrons. The van der Waals surface area contributed by atoms with E-state index >= 15 is 0 Å². The number of rotatable bonds is 3. The van der Waals surface area contributed by atoms with Crippen molar-refractivity contribution in [1.82, 2.24) is 15.2 Å². The van der Waals surface area contributed by atoms with Gasteiger partial charge in [0.25, 0.3) is 0 Å². The maximum Gasteiger partial charge on any atom is 0.194 e. The van der Waals surface area contributed by atoms with Gasteiger partial charge in [-0.2, -0.15) is 0 Å². The van der Waals surface area contributed by atoms with Crippen molar-refractivity contribution in [2.75, 3.05) is 38.1 Å². The summed E-state index contributed by atoms with van der Waals surface area (Å²) in [6.07, 6.45) is 1.83. The van der Waals surface area contributed by atoms with Crippen molar-refractivity contribution in [3.8, 4) is 0 Å². The van der Waals surface area contributed by atoms with Gasteiger partial charge in [0, 0.05) is 55.5 Å². The summed E-state index contributed by atoms with van der Waals surface area (Å²) in [6, 6.07) is 8.04. The topological polar surface area (TPSA) is 43.8 Å². The number of nitrogens with zero attached hydrogens (tertiary/aromatic N) is 4. The van der Waals surface area contributed by atoms with Crippen LogP contribution in [0.4, 0.5) is 5.69 Å². The zero-order valence-electron chi connectivity index (χ0n) is 13.1. The van der Waals surface area contributed by atoms with Gasteiger partial charge in [-0.05, 0) is 18.2 Å². The normalized spacial score (nSPS) is 15.8. The Morgan fingerprint density at radius 3 is 2.83 bits per heavy atom. The molecule has 23 heavy (non-hydrogen) atoms. The number of benzene rings is 1. The molecule has 3 rings (SSSR count). The number of anilines is 1. The molecule has 1 N–H and O–H groups in total. The molecule has 1 aliphatic rings. The predicted octanol–water partition coefficient (Wildman–Crippen LogP) is 2.69. The molecule has 0 radical (unpaired) electrons. The average molecular weight is 350 g/mol. The van der Waals surface area contributed by atoms with Crippen molar-refractivity contribution in [3.63, 3.8) is 0 Å². The van der Waals surface area contributed by atoms with E-state index < -0.39 is 0 Å². The molecule has 2 heterocycles. The molecule has 5 nitrogen and oxygen atoms in total. The SMILES string of the molecule is CN=C(NCc1nccs1)N1CCN(c2cccc(Cl)c2)CC1. The van der Waals surface area contributed by atoms with E-state index in [0.29, 0.717) is 0 Å². The Hall–Kier alpha value is -1.79. The Morgan fingerprint density at radius 2 is 2.17 bits per heavy atom. The molecule has 1 aromatic heterocycles. The number of piperazine rings is 1. The van der Waals surface area contributed by atoms with E-state index in [2.05, 4.69) is 31.2 Å². The number of aliphatic imine (C=N–C) groups is 1. The summed E-state index contributed by atoms with van der Waals surface area (Å²) < 4.78 is 0. The van der Waals surface area contributed by atoms with Crippen molar-refractivity contribution in [1.29, 1.82) is 0 Å². The third-order valence-corrected chi connectivity index (χ3v) is 4.86. The summed E-state index contributed by atoms with van der Waals surface area (Å²) in [5, 5.41) is 7.24. The number of hydrogen-bond donors (Lipinski definition) is 1. The highest BCUT2D eigenvalue weighted by Crippen LogP contribution is 2.20. The van der Waals surface area contributed by atoms with Crippen LogP contribution in [0.1, 0.15) is 5.01 Å². The zero-order chi connectivity index (χ0) is 16.1. The van der Waals surface area contributed by atoms with Gasteiger partial charge >= 0.3 is 0 Å². The van der Waals surface area contributed by atoms with Crippen LogP contribution in [0.5, 0.6) is 0 Å². The zero-order valence-corrected chi connectivity index (χ0v) is 14.6. The largest absolute Gasteiger partial charge is 0.368 e. The Bertz CT molecular complexity index is 650. The summed E-state index contributed by atoms with van der Waals surface area (Å²) in [4.78, 5) is 13.3. The number of hydrogen-bond acceptors (Lipinski definition) is 4. The monoisotopic (exact) mass is 349 g/mol. The number of thiazole rings is 1. The van der Waals surface area contributed by atoms with Crippen molar-refractivity contribution >= 4 is 34.6 Å². The molecule has 1 saturated heterocycles. The van der Waals surface area contributed by atoms with Gasteiger partial charge in [-0.25, -0.2) is 4.98 Å². The van der Waals surface area contributed by atoms with Crippen LogP contribution in [0.3, 0.4) is 0 Å². The maximum absolute atomic E-state index is 6.08. The fourth-order valence-corrected chi connectivity index (χ4v) is 3.42. The molecule has 7 heteroatoms. The van der Waals surface area contributed by atoms with Crippen LogP contribution in [0, 0.1) is 0 Å². The van der Waals surface area contributed by atoms with E-state index in [-0.39, 0.29) is 0 Å². The van der Waals surface area contributed by atoms with E-state index in [4.69, 9.17) is 11.6 Å². The Morgan fingerprint density at radius 1 is 1.35 bits per heavy atom. The Balaban J connectivity index is 1.55. The van der Waals surface area contributed by atoms with Crippen molar-refractivity contribution in [2.24, 2.45) is 4.99 Å². The molecule has 1 aliphatic heterocycles. The molecule has 0 unspecified atom stereocenters. The molecule has 0 saturated carbocycles. The summed E-state index contributed by atoms with van der Waals surface area (Å²) in [5.41, 5.74) is 1.18. The van der Waals surface area contributed by atoms with Crippen LogP contribution in [0.15, 0.2) is 40.8 Å². The maximum atomic E-state index is 6.08. The third kappa shape index (κ3) is 4.14. The van der Waals surface area contributed by atoms with Gasteiger partial charge in [-0.1, -0.05) is 17.7 Å². The Kier molecular flexibility index (Phi) is 5.35. The van der Waals surface area contributed by atoms with Crippen molar-refractivity contribution in [2.45, 2.75) is 6.54 Å². The molecule has 0 amide bonds. The molecule has 0 atom stereocenters. The van der Waals surface area contributed by atoms with Gasteiger partial charge in [0.1, 0.15) is 5.01 Å². The first-order chi connectivity index (χ1) is 11.3.